The van der Waals surface area contributed by atoms with Crippen molar-refractivity contribution in [2.75, 3.05) is 65.9 Å². The molecule has 1 heterocycles. The summed E-state index contributed by atoms with van der Waals surface area (Å²) < 4.78 is 56.9. The molecule has 1 N–H and O–H groups in total. The third-order valence-electron chi connectivity index (χ3n) is 7.00. The minimum absolute atomic E-state index is 0.0921. The summed E-state index contributed by atoms with van der Waals surface area (Å²) >= 11 is 0. The fourth-order valence-electron chi connectivity index (χ4n) is 4.67. The van der Waals surface area contributed by atoms with E-state index in [0.717, 1.165) is 11.6 Å². The van der Waals surface area contributed by atoms with E-state index in [9.17, 15) is 22.8 Å². The number of ether oxygens (including phenoxy) is 3. The van der Waals surface area contributed by atoms with Gasteiger partial charge in [-0.1, -0.05) is 12.1 Å². The molecule has 0 atom stereocenters. The predicted molar refractivity (Wildman–Crippen MR) is 151 cm³/mol. The highest BCUT2D eigenvalue weighted by atomic mass is 19.1. The number of hydrogen-bond donors (Lipinski definition) is 1. The fraction of sp³-hybridized carbons (Fsp3) is 0.333. The molecular weight excluding hydrogens is 553 g/mol. The van der Waals surface area contributed by atoms with Crippen molar-refractivity contribution in [2.45, 2.75) is 6.54 Å². The Hall–Kier alpha value is -4.45. The second-order valence-electron chi connectivity index (χ2n) is 9.65. The Bertz CT molecular complexity index is 1370. The summed E-state index contributed by atoms with van der Waals surface area (Å²) in [5.41, 5.74) is 0.999. The van der Waals surface area contributed by atoms with Gasteiger partial charge in [-0.05, 0) is 42.0 Å². The van der Waals surface area contributed by atoms with Gasteiger partial charge in [-0.2, -0.15) is 0 Å². The first-order valence-electron chi connectivity index (χ1n) is 13.3. The van der Waals surface area contributed by atoms with Crippen LogP contribution in [-0.2, 0) is 6.54 Å². The highest BCUT2D eigenvalue weighted by molar-refractivity contribution is 5.95. The van der Waals surface area contributed by atoms with Crippen molar-refractivity contribution in [2.24, 2.45) is 0 Å². The second-order valence-corrected chi connectivity index (χ2v) is 9.65. The van der Waals surface area contributed by atoms with Crippen LogP contribution in [0.1, 0.15) is 15.9 Å². The van der Waals surface area contributed by atoms with E-state index >= 15 is 0 Å². The smallest absolute Gasteiger partial charge is 0.322 e. The lowest BCUT2D eigenvalue weighted by molar-refractivity contribution is 0.0703. The molecule has 1 fully saturated rings. The Morgan fingerprint density at radius 3 is 2.02 bits per heavy atom. The number of anilines is 1. The number of piperazine rings is 1. The Balaban J connectivity index is 1.42. The first kappa shape index (κ1) is 30.5. The number of urea groups is 1. The fourth-order valence-corrected chi connectivity index (χ4v) is 4.67. The lowest BCUT2D eigenvalue weighted by atomic mass is 10.1. The molecule has 0 aromatic heterocycles. The number of nitrogens with zero attached hydrogens (tertiary/aromatic N) is 3. The maximum absolute atomic E-state index is 14.0. The highest BCUT2D eigenvalue weighted by Gasteiger charge is 2.25. The molecule has 12 heteroatoms. The van der Waals surface area contributed by atoms with E-state index in [1.165, 1.54) is 39.5 Å². The zero-order valence-corrected chi connectivity index (χ0v) is 23.7. The van der Waals surface area contributed by atoms with Crippen molar-refractivity contribution in [3.8, 4) is 17.2 Å². The van der Waals surface area contributed by atoms with Gasteiger partial charge in [0.15, 0.2) is 11.5 Å². The molecule has 4 rings (SSSR count). The second kappa shape index (κ2) is 13.9. The molecule has 9 nitrogen and oxygen atoms in total. The number of benzene rings is 3. The van der Waals surface area contributed by atoms with Crippen LogP contribution >= 0.6 is 0 Å². The number of carbonyl (C=O) groups excluding carboxylic acids is 2. The molecule has 1 aliphatic heterocycles. The Morgan fingerprint density at radius 2 is 1.45 bits per heavy atom. The van der Waals surface area contributed by atoms with Crippen LogP contribution in [0.25, 0.3) is 0 Å². The van der Waals surface area contributed by atoms with E-state index in [0.29, 0.717) is 68.1 Å². The third-order valence-corrected chi connectivity index (χ3v) is 7.00. The van der Waals surface area contributed by atoms with E-state index in [1.54, 1.807) is 34.1 Å². The van der Waals surface area contributed by atoms with E-state index in [4.69, 9.17) is 14.2 Å². The summed E-state index contributed by atoms with van der Waals surface area (Å²) in [5, 5.41) is 2.48. The molecule has 0 unspecified atom stereocenters. The van der Waals surface area contributed by atoms with Crippen LogP contribution in [-0.4, -0.2) is 87.2 Å². The minimum atomic E-state index is -0.847. The lowest BCUT2D eigenvalue weighted by Gasteiger charge is -2.36. The van der Waals surface area contributed by atoms with Crippen LogP contribution in [0.3, 0.4) is 0 Å². The largest absolute Gasteiger partial charge is 0.493 e. The van der Waals surface area contributed by atoms with Crippen LogP contribution in [0.2, 0.25) is 0 Å². The summed E-state index contributed by atoms with van der Waals surface area (Å²) in [6.07, 6.45) is 0. The topological polar surface area (TPSA) is 83.6 Å². The van der Waals surface area contributed by atoms with E-state index in [2.05, 4.69) is 10.2 Å². The molecule has 1 aliphatic rings. The Kier molecular flexibility index (Phi) is 10.1. The molecule has 0 bridgehead atoms. The maximum atomic E-state index is 14.0. The molecule has 1 saturated heterocycles. The molecule has 0 aliphatic carbocycles. The summed E-state index contributed by atoms with van der Waals surface area (Å²) in [6, 6.07) is 11.6. The monoisotopic (exact) mass is 586 g/mol. The summed E-state index contributed by atoms with van der Waals surface area (Å²) in [4.78, 5) is 31.7. The zero-order chi connectivity index (χ0) is 30.2. The van der Waals surface area contributed by atoms with Crippen LogP contribution in [0, 0.1) is 17.5 Å². The third kappa shape index (κ3) is 7.43. The summed E-state index contributed by atoms with van der Waals surface area (Å²) in [7, 11) is 4.42. The minimum Gasteiger partial charge on any atom is -0.493 e. The number of amides is 3. The normalized spacial score (nSPS) is 13.4. The van der Waals surface area contributed by atoms with Gasteiger partial charge in [0.2, 0.25) is 5.75 Å². The Labute approximate surface area is 242 Å². The van der Waals surface area contributed by atoms with Crippen LogP contribution < -0.4 is 19.5 Å². The van der Waals surface area contributed by atoms with Gasteiger partial charge in [0.05, 0.1) is 27.0 Å². The van der Waals surface area contributed by atoms with Crippen LogP contribution in [0.5, 0.6) is 17.2 Å². The standard InChI is InChI=1S/C30H33F3N4O5/c1-40-26-16-21(17-27(41-2)28(26)42-3)29(38)37(19-20-4-6-22(31)7-5-20)15-12-35-10-13-36(14-11-35)30(39)34-25-9-8-23(32)18-24(25)33/h4-9,16-18H,10-15,19H2,1-3H3,(H,34,39). The highest BCUT2D eigenvalue weighted by Crippen LogP contribution is 2.38. The molecule has 3 amide bonds. The van der Waals surface area contributed by atoms with Gasteiger partial charge in [-0.15, -0.1) is 0 Å². The van der Waals surface area contributed by atoms with Crippen LogP contribution in [0.15, 0.2) is 54.6 Å². The number of methoxy groups -OCH3 is 3. The van der Waals surface area contributed by atoms with E-state index in [-0.39, 0.29) is 24.0 Å². The average Bonchev–Trinajstić information content (AvgIpc) is 3.00. The summed E-state index contributed by atoms with van der Waals surface area (Å²) in [6.45, 7) is 2.92. The molecule has 224 valence electrons. The molecular formula is C30H33F3N4O5. The van der Waals surface area contributed by atoms with Crippen LogP contribution in [0.4, 0.5) is 23.7 Å². The number of hydrogen-bond acceptors (Lipinski definition) is 6. The van der Waals surface area contributed by atoms with Crippen molar-refractivity contribution in [1.29, 1.82) is 0 Å². The van der Waals surface area contributed by atoms with Gasteiger partial charge < -0.3 is 29.3 Å². The van der Waals surface area contributed by atoms with Crippen molar-refractivity contribution < 1.29 is 37.0 Å². The van der Waals surface area contributed by atoms with Crippen molar-refractivity contribution in [3.63, 3.8) is 0 Å². The molecule has 0 saturated carbocycles. The van der Waals surface area contributed by atoms with E-state index in [1.807, 2.05) is 0 Å². The van der Waals surface area contributed by atoms with Crippen molar-refractivity contribution in [3.05, 3.63) is 83.2 Å². The van der Waals surface area contributed by atoms with Gasteiger partial charge in [0, 0.05) is 57.4 Å². The zero-order valence-electron chi connectivity index (χ0n) is 23.7. The molecule has 0 spiro atoms. The Morgan fingerprint density at radius 1 is 0.833 bits per heavy atom. The first-order valence-corrected chi connectivity index (χ1v) is 13.3. The average molecular weight is 587 g/mol. The van der Waals surface area contributed by atoms with Gasteiger partial charge in [0.25, 0.3) is 5.91 Å². The molecule has 0 radical (unpaired) electrons. The van der Waals surface area contributed by atoms with E-state index < -0.39 is 17.7 Å². The SMILES string of the molecule is COc1cc(C(=O)N(CCN2CCN(C(=O)Nc3ccc(F)cc3F)CC2)Cc2ccc(F)cc2)cc(OC)c1OC. The first-order chi connectivity index (χ1) is 20.2. The number of rotatable bonds is 10. The van der Waals surface area contributed by atoms with Gasteiger partial charge >= 0.3 is 6.03 Å². The van der Waals surface area contributed by atoms with Gasteiger partial charge in [-0.3, -0.25) is 9.69 Å². The molecule has 3 aromatic rings. The number of carbonyl (C=O) groups is 2. The maximum Gasteiger partial charge on any atom is 0.322 e. The number of halogens is 3. The van der Waals surface area contributed by atoms with Gasteiger partial charge in [-0.25, -0.2) is 18.0 Å². The molecule has 42 heavy (non-hydrogen) atoms. The lowest BCUT2D eigenvalue weighted by Crippen LogP contribution is -2.51. The molecule has 3 aromatic carbocycles. The quantitative estimate of drug-likeness (QED) is 0.373. The number of nitrogens with one attached hydrogen (secondary N) is 1. The summed E-state index contributed by atoms with van der Waals surface area (Å²) in [5.74, 6) is -1.17. The predicted octanol–water partition coefficient (Wildman–Crippen LogP) is 4.62. The van der Waals surface area contributed by atoms with Crippen molar-refractivity contribution in [1.82, 2.24) is 14.7 Å². The van der Waals surface area contributed by atoms with Crippen molar-refractivity contribution >= 4 is 17.6 Å². The van der Waals surface area contributed by atoms with Gasteiger partial charge in [0.1, 0.15) is 17.5 Å².